The van der Waals surface area contributed by atoms with Gasteiger partial charge in [0.2, 0.25) is 0 Å². The van der Waals surface area contributed by atoms with Crippen LogP contribution < -0.4 is 0 Å². The van der Waals surface area contributed by atoms with Gasteiger partial charge >= 0.3 is 0 Å². The van der Waals surface area contributed by atoms with Crippen LogP contribution in [0.25, 0.3) is 10.9 Å². The third-order valence-electron chi connectivity index (χ3n) is 5.96. The maximum atomic E-state index is 12.4. The summed E-state index contributed by atoms with van der Waals surface area (Å²) in [6.07, 6.45) is 2.04. The molecule has 1 aromatic heterocycles. The molecule has 0 unspecified atom stereocenters. The van der Waals surface area contributed by atoms with E-state index < -0.39 is 0 Å². The normalized spacial score (nSPS) is 21.7. The highest BCUT2D eigenvalue weighted by Crippen LogP contribution is 2.49. The minimum Gasteiger partial charge on any atom is -0.358 e. The molecule has 0 radical (unpaired) electrons. The standard InChI is InChI=1S/C25H21NO/c27-16-21-20(17-9-3-1-4-10-17)15-23-25(19-13-7-8-14-22(19)26-23)24(21)18-11-5-2-6-12-18/h1-14,16,20-21,24,26H,15H2/t20-,21+,24-/m0/s1. The quantitative estimate of drug-likeness (QED) is 0.489. The van der Waals surface area contributed by atoms with Crippen molar-refractivity contribution in [1.82, 2.24) is 4.98 Å². The van der Waals surface area contributed by atoms with Gasteiger partial charge in [-0.15, -0.1) is 0 Å². The van der Waals surface area contributed by atoms with Crippen molar-refractivity contribution in [3.05, 3.63) is 107 Å². The second-order valence-electron chi connectivity index (χ2n) is 7.39. The van der Waals surface area contributed by atoms with E-state index >= 15 is 0 Å². The maximum absolute atomic E-state index is 12.4. The Morgan fingerprint density at radius 2 is 1.41 bits per heavy atom. The van der Waals surface area contributed by atoms with Gasteiger partial charge in [-0.25, -0.2) is 0 Å². The molecule has 4 aromatic rings. The fourth-order valence-corrected chi connectivity index (χ4v) is 4.78. The molecule has 1 aliphatic rings. The van der Waals surface area contributed by atoms with Crippen molar-refractivity contribution in [2.75, 3.05) is 0 Å². The molecule has 2 nitrogen and oxygen atoms in total. The number of rotatable bonds is 3. The number of H-pyrrole nitrogens is 1. The number of aromatic amines is 1. The first-order valence-corrected chi connectivity index (χ1v) is 9.51. The Kier molecular flexibility index (Phi) is 3.90. The SMILES string of the molecule is O=C[C@H]1[C@H](c2ccccc2)c2c([nH]c3ccccc23)C[C@H]1c1ccccc1. The third kappa shape index (κ3) is 2.60. The first-order valence-electron chi connectivity index (χ1n) is 9.51. The zero-order valence-electron chi connectivity index (χ0n) is 15.0. The molecular weight excluding hydrogens is 330 g/mol. The number of hydrogen-bond donors (Lipinski definition) is 1. The van der Waals surface area contributed by atoms with Gasteiger partial charge in [-0.2, -0.15) is 0 Å². The molecule has 0 bridgehead atoms. The van der Waals surface area contributed by atoms with Crippen LogP contribution in [-0.2, 0) is 11.2 Å². The second kappa shape index (κ2) is 6.55. The van der Waals surface area contributed by atoms with Gasteiger partial charge in [-0.1, -0.05) is 78.9 Å². The van der Waals surface area contributed by atoms with Crippen LogP contribution in [0.15, 0.2) is 84.9 Å². The highest BCUT2D eigenvalue weighted by Gasteiger charge is 2.40. The lowest BCUT2D eigenvalue weighted by Crippen LogP contribution is -2.30. The summed E-state index contributed by atoms with van der Waals surface area (Å²) in [4.78, 5) is 16.0. The van der Waals surface area contributed by atoms with Gasteiger partial charge < -0.3 is 9.78 Å². The Labute approximate surface area is 158 Å². The first-order chi connectivity index (χ1) is 13.4. The summed E-state index contributed by atoms with van der Waals surface area (Å²) in [5.74, 6) is 0.157. The molecule has 0 fully saturated rings. The summed E-state index contributed by atoms with van der Waals surface area (Å²) in [5.41, 5.74) is 6.15. The van der Waals surface area contributed by atoms with E-state index in [1.807, 2.05) is 12.1 Å². The molecule has 0 spiro atoms. The summed E-state index contributed by atoms with van der Waals surface area (Å²) in [7, 11) is 0. The van der Waals surface area contributed by atoms with Gasteiger partial charge in [-0.05, 0) is 35.1 Å². The van der Waals surface area contributed by atoms with E-state index in [1.165, 1.54) is 34.1 Å². The zero-order valence-corrected chi connectivity index (χ0v) is 15.0. The van der Waals surface area contributed by atoms with Crippen LogP contribution in [0.3, 0.4) is 0 Å². The Bertz CT molecular complexity index is 1080. The average molecular weight is 351 g/mol. The predicted octanol–water partition coefficient (Wildman–Crippen LogP) is 5.45. The van der Waals surface area contributed by atoms with Crippen molar-refractivity contribution in [1.29, 1.82) is 0 Å². The second-order valence-corrected chi connectivity index (χ2v) is 7.39. The van der Waals surface area contributed by atoms with E-state index in [9.17, 15) is 4.79 Å². The van der Waals surface area contributed by atoms with Gasteiger partial charge in [0, 0.05) is 28.4 Å². The van der Waals surface area contributed by atoms with Gasteiger partial charge in [0.25, 0.3) is 0 Å². The maximum Gasteiger partial charge on any atom is 0.124 e. The predicted molar refractivity (Wildman–Crippen MR) is 109 cm³/mol. The largest absolute Gasteiger partial charge is 0.358 e. The molecule has 0 saturated heterocycles. The van der Waals surface area contributed by atoms with Crippen LogP contribution in [0.5, 0.6) is 0 Å². The van der Waals surface area contributed by atoms with Crippen LogP contribution in [0, 0.1) is 5.92 Å². The fourth-order valence-electron chi connectivity index (χ4n) is 4.78. The van der Waals surface area contributed by atoms with E-state index in [0.29, 0.717) is 0 Å². The monoisotopic (exact) mass is 351 g/mol. The van der Waals surface area contributed by atoms with Crippen LogP contribution in [0.2, 0.25) is 0 Å². The molecule has 2 heteroatoms. The van der Waals surface area contributed by atoms with Crippen molar-refractivity contribution in [2.45, 2.75) is 18.3 Å². The molecule has 1 heterocycles. The van der Waals surface area contributed by atoms with Gasteiger partial charge in [0.1, 0.15) is 6.29 Å². The lowest BCUT2D eigenvalue weighted by atomic mass is 9.66. The van der Waals surface area contributed by atoms with Crippen molar-refractivity contribution >= 4 is 17.2 Å². The third-order valence-corrected chi connectivity index (χ3v) is 5.96. The summed E-state index contributed by atoms with van der Waals surface area (Å²) in [6.45, 7) is 0. The van der Waals surface area contributed by atoms with Gasteiger partial charge in [-0.3, -0.25) is 0 Å². The minimum atomic E-state index is -0.0819. The van der Waals surface area contributed by atoms with Crippen molar-refractivity contribution in [2.24, 2.45) is 5.92 Å². The minimum absolute atomic E-state index is 0.0637. The van der Waals surface area contributed by atoms with Crippen LogP contribution in [0.1, 0.15) is 34.2 Å². The molecule has 0 saturated carbocycles. The Morgan fingerprint density at radius 1 is 0.778 bits per heavy atom. The molecule has 0 aliphatic heterocycles. The number of aromatic nitrogens is 1. The average Bonchev–Trinajstić information content (AvgIpc) is 3.12. The Balaban J connectivity index is 1.76. The summed E-state index contributed by atoms with van der Waals surface area (Å²) in [5, 5.41) is 1.24. The summed E-state index contributed by atoms with van der Waals surface area (Å²) < 4.78 is 0. The smallest absolute Gasteiger partial charge is 0.124 e. The number of fused-ring (bicyclic) bond motifs is 3. The van der Waals surface area contributed by atoms with E-state index in [4.69, 9.17) is 0 Å². The van der Waals surface area contributed by atoms with Crippen LogP contribution >= 0.6 is 0 Å². The van der Waals surface area contributed by atoms with E-state index in [1.54, 1.807) is 0 Å². The molecule has 132 valence electrons. The van der Waals surface area contributed by atoms with Gasteiger partial charge in [0.15, 0.2) is 0 Å². The molecular formula is C25H21NO. The Morgan fingerprint density at radius 3 is 2.11 bits per heavy atom. The zero-order chi connectivity index (χ0) is 18.2. The van der Waals surface area contributed by atoms with Crippen LogP contribution in [-0.4, -0.2) is 11.3 Å². The number of benzene rings is 3. The molecule has 3 atom stereocenters. The Hall–Kier alpha value is -3.13. The lowest BCUT2D eigenvalue weighted by molar-refractivity contribution is -0.112. The molecule has 3 aromatic carbocycles. The summed E-state index contributed by atoms with van der Waals surface area (Å²) >= 11 is 0. The van der Waals surface area contributed by atoms with E-state index in [2.05, 4.69) is 77.8 Å². The topological polar surface area (TPSA) is 32.9 Å². The molecule has 5 rings (SSSR count). The van der Waals surface area contributed by atoms with Crippen LogP contribution in [0.4, 0.5) is 0 Å². The van der Waals surface area contributed by atoms with E-state index in [-0.39, 0.29) is 17.8 Å². The summed E-state index contributed by atoms with van der Waals surface area (Å²) in [6, 6.07) is 29.4. The number of nitrogens with one attached hydrogen (secondary N) is 1. The fraction of sp³-hybridized carbons (Fsp3) is 0.160. The number of carbonyl (C=O) groups is 1. The number of aldehydes is 1. The highest BCUT2D eigenvalue weighted by atomic mass is 16.1. The molecule has 27 heavy (non-hydrogen) atoms. The first kappa shape index (κ1) is 16.1. The highest BCUT2D eigenvalue weighted by molar-refractivity contribution is 5.87. The lowest BCUT2D eigenvalue weighted by Gasteiger charge is -2.36. The number of hydrogen-bond acceptors (Lipinski definition) is 1. The van der Waals surface area contributed by atoms with Crippen molar-refractivity contribution in [3.63, 3.8) is 0 Å². The van der Waals surface area contributed by atoms with Crippen molar-refractivity contribution < 1.29 is 4.79 Å². The molecule has 1 aliphatic carbocycles. The number of para-hydroxylation sites is 1. The van der Waals surface area contributed by atoms with E-state index in [0.717, 1.165) is 11.9 Å². The van der Waals surface area contributed by atoms with Crippen molar-refractivity contribution in [3.8, 4) is 0 Å². The number of carbonyl (C=O) groups excluding carboxylic acids is 1. The molecule has 0 amide bonds. The van der Waals surface area contributed by atoms with Gasteiger partial charge in [0.05, 0.1) is 0 Å². The molecule has 1 N–H and O–H groups in total.